The molecule has 0 aromatic rings. The molecule has 0 radical (unpaired) electrons. The van der Waals surface area contributed by atoms with E-state index in [0.717, 1.165) is 6.42 Å². The minimum atomic E-state index is -0.934. The van der Waals surface area contributed by atoms with Crippen molar-refractivity contribution >= 4 is 5.97 Å². The van der Waals surface area contributed by atoms with E-state index in [-0.39, 0.29) is 6.42 Å². The first-order valence-corrected chi connectivity index (χ1v) is 3.06. The first kappa shape index (κ1) is 8.43. The lowest BCUT2D eigenvalue weighted by molar-refractivity contribution is -0.139. The van der Waals surface area contributed by atoms with Gasteiger partial charge in [0.05, 0.1) is 12.5 Å². The van der Waals surface area contributed by atoms with E-state index >= 15 is 0 Å². The number of aliphatic carboxylic acids is 1. The Morgan fingerprint density at radius 2 is 2.22 bits per heavy atom. The van der Waals surface area contributed by atoms with Crippen LogP contribution in [-0.2, 0) is 4.79 Å². The summed E-state index contributed by atoms with van der Waals surface area (Å²) < 4.78 is 0. The van der Waals surface area contributed by atoms with Gasteiger partial charge in [-0.05, 0) is 6.42 Å². The molecule has 54 valence electrons. The first-order chi connectivity index (χ1) is 4.16. The molecule has 3 heteroatoms. The lowest BCUT2D eigenvalue weighted by atomic mass is 10.1. The predicted octanol–water partition coefficient (Wildman–Crippen LogP) is 0.622. The van der Waals surface area contributed by atoms with E-state index in [1.165, 1.54) is 0 Å². The molecule has 0 aliphatic heterocycles. The van der Waals surface area contributed by atoms with Crippen LogP contribution < -0.4 is 0 Å². The Balaban J connectivity index is 3.26. The summed E-state index contributed by atoms with van der Waals surface area (Å²) in [4.78, 5) is 9.92. The molecular weight excluding hydrogens is 120 g/mol. The van der Waals surface area contributed by atoms with E-state index in [1.807, 2.05) is 6.92 Å². The van der Waals surface area contributed by atoms with Crippen LogP contribution in [0.15, 0.2) is 0 Å². The Bertz CT molecular complexity index is 90.3. The van der Waals surface area contributed by atoms with Crippen LogP contribution in [0.5, 0.6) is 0 Å². The molecule has 0 saturated heterocycles. The fourth-order valence-corrected chi connectivity index (χ4v) is 0.637. The van der Waals surface area contributed by atoms with Crippen molar-refractivity contribution in [2.75, 3.05) is 0 Å². The fourth-order valence-electron chi connectivity index (χ4n) is 0.637. The number of carboxylic acid groups (broad SMARTS) is 1. The standard InChI is InChI=1S/C6H12O3/c1-2-3-5(7)4-6(8)9/h5,7H,2-4H2,1H3,(H,8,9)/t5-/m1/s1. The Labute approximate surface area is 54.3 Å². The van der Waals surface area contributed by atoms with Crippen molar-refractivity contribution in [3.05, 3.63) is 0 Å². The van der Waals surface area contributed by atoms with Crippen molar-refractivity contribution in [3.8, 4) is 0 Å². The molecule has 0 heterocycles. The van der Waals surface area contributed by atoms with Gasteiger partial charge in [-0.1, -0.05) is 13.3 Å². The van der Waals surface area contributed by atoms with Crippen molar-refractivity contribution in [3.63, 3.8) is 0 Å². The maximum absolute atomic E-state index is 9.92. The van der Waals surface area contributed by atoms with Crippen LogP contribution in [0, 0.1) is 0 Å². The van der Waals surface area contributed by atoms with Gasteiger partial charge in [0.2, 0.25) is 0 Å². The van der Waals surface area contributed by atoms with E-state index in [1.54, 1.807) is 0 Å². The minimum Gasteiger partial charge on any atom is -0.481 e. The highest BCUT2D eigenvalue weighted by Gasteiger charge is 2.06. The molecule has 0 unspecified atom stereocenters. The Morgan fingerprint density at radius 3 is 2.56 bits per heavy atom. The van der Waals surface area contributed by atoms with E-state index in [4.69, 9.17) is 10.2 Å². The van der Waals surface area contributed by atoms with Gasteiger partial charge in [0, 0.05) is 0 Å². The van der Waals surface area contributed by atoms with Crippen LogP contribution >= 0.6 is 0 Å². The number of aliphatic hydroxyl groups is 1. The predicted molar refractivity (Wildman–Crippen MR) is 33.2 cm³/mol. The molecule has 0 aromatic heterocycles. The third kappa shape index (κ3) is 5.30. The SMILES string of the molecule is CCC[C@@H](O)CC(=O)O. The maximum Gasteiger partial charge on any atom is 0.305 e. The van der Waals surface area contributed by atoms with E-state index in [0.29, 0.717) is 6.42 Å². The summed E-state index contributed by atoms with van der Waals surface area (Å²) in [5.74, 6) is -0.934. The summed E-state index contributed by atoms with van der Waals surface area (Å²) in [7, 11) is 0. The second kappa shape index (κ2) is 4.32. The number of rotatable bonds is 4. The van der Waals surface area contributed by atoms with Crippen LogP contribution in [0.1, 0.15) is 26.2 Å². The number of carbonyl (C=O) groups is 1. The largest absolute Gasteiger partial charge is 0.481 e. The van der Waals surface area contributed by atoms with Crippen molar-refractivity contribution in [2.45, 2.75) is 32.3 Å². The maximum atomic E-state index is 9.92. The summed E-state index contributed by atoms with van der Waals surface area (Å²) in [5.41, 5.74) is 0. The van der Waals surface area contributed by atoms with Gasteiger partial charge in [-0.25, -0.2) is 0 Å². The second-order valence-electron chi connectivity index (χ2n) is 2.04. The number of hydrogen-bond donors (Lipinski definition) is 2. The molecule has 0 aromatic carbocycles. The third-order valence-corrected chi connectivity index (χ3v) is 1.03. The summed E-state index contributed by atoms with van der Waals surface area (Å²) >= 11 is 0. The number of aliphatic hydroxyl groups excluding tert-OH is 1. The molecule has 0 rings (SSSR count). The van der Waals surface area contributed by atoms with Crippen molar-refractivity contribution in [1.82, 2.24) is 0 Å². The van der Waals surface area contributed by atoms with Gasteiger partial charge in [-0.2, -0.15) is 0 Å². The molecule has 0 spiro atoms. The van der Waals surface area contributed by atoms with Crippen LogP contribution in [0.25, 0.3) is 0 Å². The summed E-state index contributed by atoms with van der Waals surface area (Å²) in [6.45, 7) is 1.91. The smallest absolute Gasteiger partial charge is 0.305 e. The highest BCUT2D eigenvalue weighted by Crippen LogP contribution is 1.99. The summed E-state index contributed by atoms with van der Waals surface area (Å²) in [6.07, 6.45) is 0.613. The molecule has 0 bridgehead atoms. The zero-order valence-electron chi connectivity index (χ0n) is 5.50. The molecule has 9 heavy (non-hydrogen) atoms. The molecule has 0 amide bonds. The highest BCUT2D eigenvalue weighted by molar-refractivity contribution is 5.67. The molecule has 0 saturated carbocycles. The van der Waals surface area contributed by atoms with Crippen LogP contribution in [-0.4, -0.2) is 22.3 Å². The summed E-state index contributed by atoms with van der Waals surface area (Å²) in [6, 6.07) is 0. The zero-order chi connectivity index (χ0) is 7.28. The van der Waals surface area contributed by atoms with Gasteiger partial charge in [-0.3, -0.25) is 4.79 Å². The molecule has 1 atom stereocenters. The first-order valence-electron chi connectivity index (χ1n) is 3.06. The van der Waals surface area contributed by atoms with Gasteiger partial charge in [-0.15, -0.1) is 0 Å². The molecule has 0 aliphatic rings. The molecule has 0 aliphatic carbocycles. The Kier molecular flexibility index (Phi) is 4.05. The van der Waals surface area contributed by atoms with Crippen LogP contribution in [0.2, 0.25) is 0 Å². The van der Waals surface area contributed by atoms with Gasteiger partial charge in [0.25, 0.3) is 0 Å². The van der Waals surface area contributed by atoms with Gasteiger partial charge in [0.1, 0.15) is 0 Å². The van der Waals surface area contributed by atoms with Gasteiger partial charge in [0.15, 0.2) is 0 Å². The Morgan fingerprint density at radius 1 is 1.67 bits per heavy atom. The van der Waals surface area contributed by atoms with Gasteiger partial charge < -0.3 is 10.2 Å². The lowest BCUT2D eigenvalue weighted by Crippen LogP contribution is -2.11. The van der Waals surface area contributed by atoms with Crippen molar-refractivity contribution in [2.24, 2.45) is 0 Å². The third-order valence-electron chi connectivity index (χ3n) is 1.03. The second-order valence-corrected chi connectivity index (χ2v) is 2.04. The highest BCUT2D eigenvalue weighted by atomic mass is 16.4. The topological polar surface area (TPSA) is 57.5 Å². The number of hydrogen-bond acceptors (Lipinski definition) is 2. The average Bonchev–Trinajstić information content (AvgIpc) is 1.63. The molecule has 0 fully saturated rings. The molecule has 3 nitrogen and oxygen atoms in total. The van der Waals surface area contributed by atoms with Crippen LogP contribution in [0.4, 0.5) is 0 Å². The molecular formula is C6H12O3. The van der Waals surface area contributed by atoms with E-state index < -0.39 is 12.1 Å². The van der Waals surface area contributed by atoms with Crippen molar-refractivity contribution in [1.29, 1.82) is 0 Å². The lowest BCUT2D eigenvalue weighted by Gasteiger charge is -2.03. The monoisotopic (exact) mass is 132 g/mol. The van der Waals surface area contributed by atoms with Crippen LogP contribution in [0.3, 0.4) is 0 Å². The fraction of sp³-hybridized carbons (Fsp3) is 0.833. The van der Waals surface area contributed by atoms with Gasteiger partial charge >= 0.3 is 5.97 Å². The van der Waals surface area contributed by atoms with Crippen molar-refractivity contribution < 1.29 is 15.0 Å². The average molecular weight is 132 g/mol. The Hall–Kier alpha value is -0.570. The minimum absolute atomic E-state index is 0.131. The van der Waals surface area contributed by atoms with E-state index in [9.17, 15) is 4.79 Å². The zero-order valence-corrected chi connectivity index (χ0v) is 5.50. The molecule has 2 N–H and O–H groups in total. The summed E-state index contributed by atoms with van der Waals surface area (Å²) in [5, 5.41) is 17.0. The quantitative estimate of drug-likeness (QED) is 0.589. The number of carboxylic acids is 1. The van der Waals surface area contributed by atoms with E-state index in [2.05, 4.69) is 0 Å². The normalized spacial score (nSPS) is 13.1.